The summed E-state index contributed by atoms with van der Waals surface area (Å²) in [5.41, 5.74) is 7.18. The van der Waals surface area contributed by atoms with Crippen LogP contribution in [0.4, 0.5) is 5.69 Å². The minimum Gasteiger partial charge on any atom is -0.398 e. The minimum atomic E-state index is -0.0741. The lowest BCUT2D eigenvalue weighted by molar-refractivity contribution is 0.731. The van der Waals surface area contributed by atoms with Crippen molar-refractivity contribution in [3.8, 4) is 0 Å². The van der Waals surface area contributed by atoms with Crippen LogP contribution in [0.15, 0.2) is 35.5 Å². The highest BCUT2D eigenvalue weighted by Crippen LogP contribution is 2.18. The highest BCUT2D eigenvalue weighted by Gasteiger charge is 2.04. The fraction of sp³-hybridized carbons (Fsp3) is 0.0909. The predicted molar refractivity (Wildman–Crippen MR) is 76.2 cm³/mol. The third-order valence-corrected chi connectivity index (χ3v) is 3.28. The predicted octanol–water partition coefficient (Wildman–Crippen LogP) is 2.13. The number of aromatic nitrogens is 2. The summed E-state index contributed by atoms with van der Waals surface area (Å²) in [4.78, 5) is 15.8. The molecule has 0 atom stereocenters. The van der Waals surface area contributed by atoms with Crippen molar-refractivity contribution < 1.29 is 0 Å². The first-order chi connectivity index (χ1) is 8.08. The molecule has 88 valence electrons. The van der Waals surface area contributed by atoms with Gasteiger partial charge in [-0.3, -0.25) is 9.36 Å². The Bertz CT molecular complexity index is 612. The van der Waals surface area contributed by atoms with E-state index in [1.165, 1.54) is 17.1 Å². The van der Waals surface area contributed by atoms with Crippen molar-refractivity contribution >= 4 is 39.9 Å². The van der Waals surface area contributed by atoms with Crippen LogP contribution >= 0.6 is 34.2 Å². The van der Waals surface area contributed by atoms with E-state index in [1.54, 1.807) is 12.1 Å². The summed E-state index contributed by atoms with van der Waals surface area (Å²) in [6.07, 6.45) is 3.03. The van der Waals surface area contributed by atoms with Gasteiger partial charge in [0, 0.05) is 16.9 Å². The molecule has 17 heavy (non-hydrogen) atoms. The maximum atomic E-state index is 11.8. The quantitative estimate of drug-likeness (QED) is 0.658. The van der Waals surface area contributed by atoms with Crippen LogP contribution in [0, 0.1) is 3.57 Å². The molecule has 0 aliphatic heterocycles. The number of hydrogen-bond acceptors (Lipinski definition) is 3. The van der Waals surface area contributed by atoms with Crippen LogP contribution in [0.25, 0.3) is 0 Å². The van der Waals surface area contributed by atoms with E-state index in [0.717, 1.165) is 5.56 Å². The standard InChI is InChI=1S/C11H9ClIN3O/c12-8-2-1-7(10(14)3-8)5-16-6-15-4-9(13)11(16)17/h1-4,6H,5,14H2. The van der Waals surface area contributed by atoms with Gasteiger partial charge in [-0.1, -0.05) is 17.7 Å². The highest BCUT2D eigenvalue weighted by atomic mass is 127. The van der Waals surface area contributed by atoms with Crippen molar-refractivity contribution in [1.29, 1.82) is 0 Å². The van der Waals surface area contributed by atoms with Gasteiger partial charge in [-0.2, -0.15) is 0 Å². The van der Waals surface area contributed by atoms with Crippen molar-refractivity contribution in [3.63, 3.8) is 0 Å². The van der Waals surface area contributed by atoms with E-state index in [-0.39, 0.29) is 5.56 Å². The van der Waals surface area contributed by atoms with Gasteiger partial charge in [-0.05, 0) is 40.3 Å². The van der Waals surface area contributed by atoms with Crippen LogP contribution in [0.1, 0.15) is 5.56 Å². The van der Waals surface area contributed by atoms with Gasteiger partial charge in [-0.25, -0.2) is 4.98 Å². The normalized spacial score (nSPS) is 10.5. The Morgan fingerprint density at radius 3 is 2.94 bits per heavy atom. The second-order valence-electron chi connectivity index (χ2n) is 3.52. The molecule has 0 saturated carbocycles. The van der Waals surface area contributed by atoms with Gasteiger partial charge in [0.15, 0.2) is 0 Å². The third-order valence-electron chi connectivity index (χ3n) is 2.31. The molecule has 1 heterocycles. The van der Waals surface area contributed by atoms with Crippen molar-refractivity contribution in [2.24, 2.45) is 0 Å². The number of benzene rings is 1. The largest absolute Gasteiger partial charge is 0.398 e. The molecule has 0 radical (unpaired) electrons. The molecule has 0 amide bonds. The topological polar surface area (TPSA) is 60.9 Å². The lowest BCUT2D eigenvalue weighted by Gasteiger charge is -2.08. The fourth-order valence-electron chi connectivity index (χ4n) is 1.43. The molecule has 0 unspecified atom stereocenters. The highest BCUT2D eigenvalue weighted by molar-refractivity contribution is 14.1. The summed E-state index contributed by atoms with van der Waals surface area (Å²) in [5.74, 6) is 0. The molecule has 0 fully saturated rings. The Labute approximate surface area is 117 Å². The Hall–Kier alpha value is -1.08. The van der Waals surface area contributed by atoms with Gasteiger partial charge in [0.2, 0.25) is 0 Å². The summed E-state index contributed by atoms with van der Waals surface area (Å²) in [7, 11) is 0. The van der Waals surface area contributed by atoms with Crippen molar-refractivity contribution in [1.82, 2.24) is 9.55 Å². The number of hydrogen-bond donors (Lipinski definition) is 1. The lowest BCUT2D eigenvalue weighted by Crippen LogP contribution is -2.23. The zero-order valence-corrected chi connectivity index (χ0v) is 11.6. The molecule has 6 heteroatoms. The average molecular weight is 362 g/mol. The zero-order chi connectivity index (χ0) is 12.4. The van der Waals surface area contributed by atoms with Gasteiger partial charge >= 0.3 is 0 Å². The van der Waals surface area contributed by atoms with E-state index < -0.39 is 0 Å². The monoisotopic (exact) mass is 361 g/mol. The van der Waals surface area contributed by atoms with Gasteiger partial charge < -0.3 is 5.73 Å². The van der Waals surface area contributed by atoms with E-state index in [1.807, 2.05) is 28.7 Å². The maximum Gasteiger partial charge on any atom is 0.267 e. The number of anilines is 1. The lowest BCUT2D eigenvalue weighted by atomic mass is 10.2. The van der Waals surface area contributed by atoms with E-state index in [9.17, 15) is 4.79 Å². The Morgan fingerprint density at radius 2 is 2.24 bits per heavy atom. The zero-order valence-electron chi connectivity index (χ0n) is 8.73. The summed E-state index contributed by atoms with van der Waals surface area (Å²) in [6, 6.07) is 5.23. The molecule has 2 aromatic rings. The fourth-order valence-corrected chi connectivity index (χ4v) is 2.08. The minimum absolute atomic E-state index is 0.0741. The molecule has 1 aromatic heterocycles. The van der Waals surface area contributed by atoms with Gasteiger partial charge in [-0.15, -0.1) is 0 Å². The Morgan fingerprint density at radius 1 is 1.47 bits per heavy atom. The van der Waals surface area contributed by atoms with Gasteiger partial charge in [0.05, 0.1) is 16.4 Å². The Balaban J connectivity index is 2.38. The van der Waals surface area contributed by atoms with Crippen LogP contribution in [-0.2, 0) is 6.54 Å². The van der Waals surface area contributed by atoms with Crippen LogP contribution in [0.2, 0.25) is 5.02 Å². The number of nitrogens with two attached hydrogens (primary N) is 1. The average Bonchev–Trinajstić information content (AvgIpc) is 2.28. The van der Waals surface area contributed by atoms with Crippen LogP contribution in [-0.4, -0.2) is 9.55 Å². The van der Waals surface area contributed by atoms with Gasteiger partial charge in [0.1, 0.15) is 0 Å². The summed E-state index contributed by atoms with van der Waals surface area (Å²) in [5, 5.41) is 0.583. The summed E-state index contributed by atoms with van der Waals surface area (Å²) in [6.45, 7) is 0.395. The van der Waals surface area contributed by atoms with Crippen LogP contribution in [0.5, 0.6) is 0 Å². The van der Waals surface area contributed by atoms with E-state index in [4.69, 9.17) is 17.3 Å². The first-order valence-electron chi connectivity index (χ1n) is 4.82. The third kappa shape index (κ3) is 2.78. The Kier molecular flexibility index (Phi) is 3.68. The van der Waals surface area contributed by atoms with Gasteiger partial charge in [0.25, 0.3) is 5.56 Å². The van der Waals surface area contributed by atoms with Crippen molar-refractivity contribution in [2.45, 2.75) is 6.54 Å². The van der Waals surface area contributed by atoms with Crippen molar-refractivity contribution in [2.75, 3.05) is 5.73 Å². The molecular weight excluding hydrogens is 352 g/mol. The van der Waals surface area contributed by atoms with E-state index >= 15 is 0 Å². The second-order valence-corrected chi connectivity index (χ2v) is 5.12. The van der Waals surface area contributed by atoms with Crippen molar-refractivity contribution in [3.05, 3.63) is 55.2 Å². The molecule has 2 rings (SSSR count). The molecule has 0 bridgehead atoms. The molecule has 2 N–H and O–H groups in total. The molecular formula is C11H9ClIN3O. The molecule has 0 saturated heterocycles. The molecule has 0 aliphatic rings. The van der Waals surface area contributed by atoms with Crippen LogP contribution < -0.4 is 11.3 Å². The summed E-state index contributed by atoms with van der Waals surface area (Å²) >= 11 is 7.77. The molecule has 0 spiro atoms. The number of nitrogens with zero attached hydrogens (tertiary/aromatic N) is 2. The SMILES string of the molecule is Nc1cc(Cl)ccc1Cn1cncc(I)c1=O. The molecule has 1 aromatic carbocycles. The summed E-state index contributed by atoms with van der Waals surface area (Å²) < 4.78 is 2.10. The van der Waals surface area contributed by atoms with E-state index in [2.05, 4.69) is 4.98 Å². The number of nitrogen functional groups attached to an aromatic ring is 1. The molecule has 0 aliphatic carbocycles. The first-order valence-corrected chi connectivity index (χ1v) is 6.27. The first kappa shape index (κ1) is 12.4. The second kappa shape index (κ2) is 5.05. The smallest absolute Gasteiger partial charge is 0.267 e. The number of rotatable bonds is 2. The molecule has 4 nitrogen and oxygen atoms in total. The maximum absolute atomic E-state index is 11.8. The number of halogens is 2. The van der Waals surface area contributed by atoms with Crippen LogP contribution in [0.3, 0.4) is 0 Å². The van der Waals surface area contributed by atoms with E-state index in [0.29, 0.717) is 20.8 Å².